The van der Waals surface area contributed by atoms with Crippen LogP contribution in [0.4, 0.5) is 0 Å². The number of ether oxygens (including phenoxy) is 1. The molecule has 0 aromatic heterocycles. The summed E-state index contributed by atoms with van der Waals surface area (Å²) in [5.41, 5.74) is 0.464. The zero-order valence-electron chi connectivity index (χ0n) is 9.75. The third kappa shape index (κ3) is 2.12. The molecule has 0 saturated carbocycles. The van der Waals surface area contributed by atoms with Crippen LogP contribution in [0.25, 0.3) is 0 Å². The van der Waals surface area contributed by atoms with Crippen LogP contribution in [0.3, 0.4) is 0 Å². The van der Waals surface area contributed by atoms with Crippen molar-refractivity contribution in [1.29, 1.82) is 0 Å². The van der Waals surface area contributed by atoms with Gasteiger partial charge in [-0.15, -0.1) is 0 Å². The monoisotopic (exact) mass is 197 g/mol. The van der Waals surface area contributed by atoms with Crippen molar-refractivity contribution in [1.82, 2.24) is 4.90 Å². The van der Waals surface area contributed by atoms with E-state index in [1.165, 1.54) is 25.9 Å². The predicted molar refractivity (Wildman–Crippen MR) is 58.4 cm³/mol. The zero-order valence-corrected chi connectivity index (χ0v) is 9.75. The fourth-order valence-corrected chi connectivity index (χ4v) is 2.65. The van der Waals surface area contributed by atoms with E-state index in [0.29, 0.717) is 11.5 Å². The Balaban J connectivity index is 1.98. The highest BCUT2D eigenvalue weighted by Gasteiger charge is 2.38. The van der Waals surface area contributed by atoms with Crippen molar-refractivity contribution in [3.8, 4) is 0 Å². The summed E-state index contributed by atoms with van der Waals surface area (Å²) < 4.78 is 5.63. The zero-order chi connectivity index (χ0) is 10.2. The summed E-state index contributed by atoms with van der Waals surface area (Å²) in [5.74, 6) is 0.856. The summed E-state index contributed by atoms with van der Waals surface area (Å²) >= 11 is 0. The molecular formula is C12H23NO. The van der Waals surface area contributed by atoms with E-state index >= 15 is 0 Å². The Morgan fingerprint density at radius 3 is 2.79 bits per heavy atom. The minimum Gasteiger partial charge on any atom is -0.380 e. The van der Waals surface area contributed by atoms with E-state index in [4.69, 9.17) is 4.74 Å². The van der Waals surface area contributed by atoms with Crippen LogP contribution in [-0.4, -0.2) is 37.2 Å². The quantitative estimate of drug-likeness (QED) is 0.590. The molecule has 2 nitrogen and oxygen atoms in total. The first-order valence-electron chi connectivity index (χ1n) is 5.89. The maximum absolute atomic E-state index is 5.63. The van der Waals surface area contributed by atoms with Gasteiger partial charge in [-0.1, -0.05) is 20.8 Å². The van der Waals surface area contributed by atoms with E-state index in [1.54, 1.807) is 0 Å². The molecule has 2 rings (SSSR count). The van der Waals surface area contributed by atoms with Gasteiger partial charge < -0.3 is 4.74 Å². The molecular weight excluding hydrogens is 174 g/mol. The van der Waals surface area contributed by atoms with Crippen molar-refractivity contribution in [2.75, 3.05) is 26.3 Å². The number of rotatable bonds is 0. The molecule has 0 spiro atoms. The summed E-state index contributed by atoms with van der Waals surface area (Å²) in [6.45, 7) is 11.6. The maximum Gasteiger partial charge on any atom is 0.0621 e. The van der Waals surface area contributed by atoms with Crippen LogP contribution in [0.1, 0.15) is 33.6 Å². The van der Waals surface area contributed by atoms with Crippen LogP contribution in [0, 0.1) is 11.3 Å². The van der Waals surface area contributed by atoms with Crippen LogP contribution in [0.2, 0.25) is 0 Å². The summed E-state index contributed by atoms with van der Waals surface area (Å²) in [4.78, 5) is 2.64. The molecule has 14 heavy (non-hydrogen) atoms. The van der Waals surface area contributed by atoms with E-state index in [0.717, 1.165) is 19.1 Å². The normalized spacial score (nSPS) is 35.4. The van der Waals surface area contributed by atoms with Crippen LogP contribution in [0.15, 0.2) is 0 Å². The fourth-order valence-electron chi connectivity index (χ4n) is 2.65. The Morgan fingerprint density at radius 2 is 2.07 bits per heavy atom. The molecule has 0 amide bonds. The Morgan fingerprint density at radius 1 is 1.29 bits per heavy atom. The van der Waals surface area contributed by atoms with E-state index in [2.05, 4.69) is 25.7 Å². The standard InChI is InChI=1S/C12H23NO/c1-12(2,3)10-7-11-9-14-6-4-5-13(11)8-10/h10-11H,4-9H2,1-3H3. The average Bonchev–Trinajstić information content (AvgIpc) is 2.38. The Kier molecular flexibility index (Phi) is 2.85. The van der Waals surface area contributed by atoms with Gasteiger partial charge in [0, 0.05) is 25.7 Å². The van der Waals surface area contributed by atoms with E-state index in [9.17, 15) is 0 Å². The van der Waals surface area contributed by atoms with Gasteiger partial charge in [0.2, 0.25) is 0 Å². The lowest BCUT2D eigenvalue weighted by atomic mass is 9.79. The van der Waals surface area contributed by atoms with Crippen LogP contribution in [0.5, 0.6) is 0 Å². The highest BCUT2D eigenvalue weighted by atomic mass is 16.5. The van der Waals surface area contributed by atoms with Gasteiger partial charge in [0.25, 0.3) is 0 Å². The molecule has 0 bridgehead atoms. The average molecular weight is 197 g/mol. The lowest BCUT2D eigenvalue weighted by molar-refractivity contribution is 0.115. The molecule has 2 aliphatic heterocycles. The first-order valence-corrected chi connectivity index (χ1v) is 5.89. The van der Waals surface area contributed by atoms with E-state index < -0.39 is 0 Å². The highest BCUT2D eigenvalue weighted by molar-refractivity contribution is 4.91. The van der Waals surface area contributed by atoms with Gasteiger partial charge in [-0.2, -0.15) is 0 Å². The molecule has 2 atom stereocenters. The first kappa shape index (κ1) is 10.4. The van der Waals surface area contributed by atoms with Gasteiger partial charge in [-0.3, -0.25) is 4.90 Å². The first-order chi connectivity index (χ1) is 6.57. The second kappa shape index (κ2) is 3.82. The molecule has 0 N–H and O–H groups in total. The fraction of sp³-hybridized carbons (Fsp3) is 1.00. The van der Waals surface area contributed by atoms with E-state index in [1.807, 2.05) is 0 Å². The molecule has 0 aliphatic carbocycles. The molecule has 0 aromatic carbocycles. The predicted octanol–water partition coefficient (Wildman–Crippen LogP) is 2.14. The van der Waals surface area contributed by atoms with E-state index in [-0.39, 0.29) is 0 Å². The summed E-state index contributed by atoms with van der Waals surface area (Å²) in [6.07, 6.45) is 2.55. The van der Waals surface area contributed by atoms with Crippen molar-refractivity contribution >= 4 is 0 Å². The van der Waals surface area contributed by atoms with Gasteiger partial charge in [-0.25, -0.2) is 0 Å². The third-order valence-electron chi connectivity index (χ3n) is 3.80. The number of nitrogens with zero attached hydrogens (tertiary/aromatic N) is 1. The lowest BCUT2D eigenvalue weighted by Crippen LogP contribution is -2.31. The SMILES string of the molecule is CC(C)(C)C1CC2COCCCN2C1. The van der Waals surface area contributed by atoms with Gasteiger partial charge in [0.1, 0.15) is 0 Å². The largest absolute Gasteiger partial charge is 0.380 e. The van der Waals surface area contributed by atoms with Crippen molar-refractivity contribution in [3.05, 3.63) is 0 Å². The molecule has 82 valence electrons. The molecule has 2 heteroatoms. The minimum absolute atomic E-state index is 0.464. The van der Waals surface area contributed by atoms with Crippen molar-refractivity contribution < 1.29 is 4.74 Å². The molecule has 0 radical (unpaired) electrons. The number of hydrogen-bond donors (Lipinski definition) is 0. The molecule has 2 unspecified atom stereocenters. The lowest BCUT2D eigenvalue weighted by Gasteiger charge is -2.27. The number of hydrogen-bond acceptors (Lipinski definition) is 2. The molecule has 2 aliphatic rings. The molecule has 2 heterocycles. The Bertz CT molecular complexity index is 183. The van der Waals surface area contributed by atoms with Gasteiger partial charge in [-0.05, 0) is 24.2 Å². The molecule has 2 fully saturated rings. The van der Waals surface area contributed by atoms with Gasteiger partial charge in [0.15, 0.2) is 0 Å². The van der Waals surface area contributed by atoms with Crippen molar-refractivity contribution in [3.63, 3.8) is 0 Å². The highest BCUT2D eigenvalue weighted by Crippen LogP contribution is 2.37. The van der Waals surface area contributed by atoms with Crippen molar-refractivity contribution in [2.45, 2.75) is 39.7 Å². The van der Waals surface area contributed by atoms with Gasteiger partial charge in [0.05, 0.1) is 6.61 Å². The van der Waals surface area contributed by atoms with Crippen LogP contribution < -0.4 is 0 Å². The summed E-state index contributed by atoms with van der Waals surface area (Å²) in [7, 11) is 0. The van der Waals surface area contributed by atoms with Crippen LogP contribution >= 0.6 is 0 Å². The third-order valence-corrected chi connectivity index (χ3v) is 3.80. The van der Waals surface area contributed by atoms with Crippen molar-refractivity contribution in [2.24, 2.45) is 11.3 Å². The summed E-state index contributed by atoms with van der Waals surface area (Å²) in [5, 5.41) is 0. The maximum atomic E-state index is 5.63. The molecule has 2 saturated heterocycles. The second-order valence-corrected chi connectivity index (χ2v) is 5.88. The Hall–Kier alpha value is -0.0800. The smallest absolute Gasteiger partial charge is 0.0621 e. The topological polar surface area (TPSA) is 12.5 Å². The second-order valence-electron chi connectivity index (χ2n) is 5.88. The Labute approximate surface area is 87.6 Å². The molecule has 0 aromatic rings. The van der Waals surface area contributed by atoms with Gasteiger partial charge >= 0.3 is 0 Å². The summed E-state index contributed by atoms with van der Waals surface area (Å²) in [6, 6.07) is 0.710. The minimum atomic E-state index is 0.464. The number of fused-ring (bicyclic) bond motifs is 1. The van der Waals surface area contributed by atoms with Crippen LogP contribution in [-0.2, 0) is 4.74 Å².